The van der Waals surface area contributed by atoms with E-state index in [1.165, 1.54) is 16.9 Å². The maximum atomic E-state index is 12.8. The van der Waals surface area contributed by atoms with Gasteiger partial charge in [-0.2, -0.15) is 0 Å². The van der Waals surface area contributed by atoms with E-state index in [0.29, 0.717) is 6.54 Å². The Bertz CT molecular complexity index is 784. The largest absolute Gasteiger partial charge is 0.493 e. The molecule has 2 aromatic rings. The number of rotatable bonds is 6. The Hall–Kier alpha value is -2.01. The van der Waals surface area contributed by atoms with Crippen molar-refractivity contribution < 1.29 is 14.3 Å². The zero-order chi connectivity index (χ0) is 18.7. The van der Waals surface area contributed by atoms with Crippen LogP contribution in [0.25, 0.3) is 0 Å². The van der Waals surface area contributed by atoms with Crippen LogP contribution < -0.4 is 9.47 Å². The highest BCUT2D eigenvalue weighted by molar-refractivity contribution is 7.14. The lowest BCUT2D eigenvalue weighted by atomic mass is 9.90. The molecule has 140 valence electrons. The van der Waals surface area contributed by atoms with E-state index in [1.54, 1.807) is 25.6 Å². The van der Waals surface area contributed by atoms with E-state index in [1.807, 2.05) is 30.1 Å². The summed E-state index contributed by atoms with van der Waals surface area (Å²) in [6, 6.07) is 8.02. The SMILES string of the molecule is COc1ccc(CCN(C)C(=O)c2cc3c(s2)CC[C@@H](C)C3)cc1OC. The predicted molar refractivity (Wildman–Crippen MR) is 106 cm³/mol. The van der Waals surface area contributed by atoms with Crippen molar-refractivity contribution in [2.75, 3.05) is 27.8 Å². The number of carbonyl (C=O) groups excluding carboxylic acids is 1. The van der Waals surface area contributed by atoms with E-state index in [9.17, 15) is 4.79 Å². The van der Waals surface area contributed by atoms with Crippen LogP contribution in [0.1, 0.15) is 39.0 Å². The molecule has 1 heterocycles. The lowest BCUT2D eigenvalue weighted by Crippen LogP contribution is -2.28. The van der Waals surface area contributed by atoms with Crippen LogP contribution in [0.15, 0.2) is 24.3 Å². The minimum absolute atomic E-state index is 0.123. The summed E-state index contributed by atoms with van der Waals surface area (Å²) in [6.45, 7) is 2.96. The van der Waals surface area contributed by atoms with Crippen molar-refractivity contribution in [2.45, 2.75) is 32.6 Å². The lowest BCUT2D eigenvalue weighted by Gasteiger charge is -2.17. The normalized spacial score (nSPS) is 16.1. The lowest BCUT2D eigenvalue weighted by molar-refractivity contribution is 0.0801. The molecule has 1 aliphatic rings. The molecule has 1 aliphatic carbocycles. The molecule has 1 aromatic carbocycles. The maximum absolute atomic E-state index is 12.8. The zero-order valence-corrected chi connectivity index (χ0v) is 16.8. The smallest absolute Gasteiger partial charge is 0.263 e. The number of aryl methyl sites for hydroxylation is 1. The standard InChI is InChI=1S/C21H27NO3S/c1-14-5-8-19-16(11-14)13-20(26-19)21(23)22(2)10-9-15-6-7-17(24-3)18(12-15)25-4/h6-7,12-14H,5,8-11H2,1-4H3/t14-/m1/s1. The fraction of sp³-hybridized carbons (Fsp3) is 0.476. The molecule has 4 nitrogen and oxygen atoms in total. The third-order valence-electron chi connectivity index (χ3n) is 5.07. The van der Waals surface area contributed by atoms with Gasteiger partial charge in [-0.25, -0.2) is 0 Å². The fourth-order valence-electron chi connectivity index (χ4n) is 3.43. The van der Waals surface area contributed by atoms with Crippen LogP contribution >= 0.6 is 11.3 Å². The molecule has 0 unspecified atom stereocenters. The van der Waals surface area contributed by atoms with Crippen LogP contribution in [0, 0.1) is 5.92 Å². The summed E-state index contributed by atoms with van der Waals surface area (Å²) in [6.07, 6.45) is 4.24. The van der Waals surface area contributed by atoms with E-state index >= 15 is 0 Å². The van der Waals surface area contributed by atoms with Crippen LogP contribution in [0.3, 0.4) is 0 Å². The van der Waals surface area contributed by atoms with Gasteiger partial charge in [0.2, 0.25) is 0 Å². The fourth-order valence-corrected chi connectivity index (χ4v) is 4.64. The van der Waals surface area contributed by atoms with Gasteiger partial charge in [0, 0.05) is 18.5 Å². The number of benzene rings is 1. The van der Waals surface area contributed by atoms with E-state index < -0.39 is 0 Å². The first-order valence-electron chi connectivity index (χ1n) is 9.09. The van der Waals surface area contributed by atoms with Crippen LogP contribution in [-0.4, -0.2) is 38.6 Å². The number of thiophene rings is 1. The van der Waals surface area contributed by atoms with Gasteiger partial charge in [0.05, 0.1) is 19.1 Å². The molecular formula is C21H27NO3S. The van der Waals surface area contributed by atoms with Crippen molar-refractivity contribution in [1.82, 2.24) is 4.90 Å². The molecule has 0 aliphatic heterocycles. The predicted octanol–water partition coefficient (Wildman–Crippen LogP) is 4.20. The molecule has 0 saturated carbocycles. The summed E-state index contributed by atoms with van der Waals surface area (Å²) in [7, 11) is 5.15. The molecule has 1 amide bonds. The number of hydrogen-bond donors (Lipinski definition) is 0. The molecule has 0 fully saturated rings. The minimum atomic E-state index is 0.123. The first-order chi connectivity index (χ1) is 12.5. The van der Waals surface area contributed by atoms with Crippen molar-refractivity contribution in [2.24, 2.45) is 5.92 Å². The monoisotopic (exact) mass is 373 g/mol. The number of methoxy groups -OCH3 is 2. The number of fused-ring (bicyclic) bond motifs is 1. The Kier molecular flexibility index (Phi) is 5.87. The second-order valence-electron chi connectivity index (χ2n) is 7.07. The van der Waals surface area contributed by atoms with Crippen molar-refractivity contribution in [3.05, 3.63) is 45.1 Å². The van der Waals surface area contributed by atoms with Gasteiger partial charge in [-0.3, -0.25) is 4.79 Å². The third-order valence-corrected chi connectivity index (χ3v) is 6.30. The van der Waals surface area contributed by atoms with Crippen molar-refractivity contribution >= 4 is 17.2 Å². The van der Waals surface area contributed by atoms with E-state index in [2.05, 4.69) is 13.0 Å². The maximum Gasteiger partial charge on any atom is 0.263 e. The number of hydrogen-bond acceptors (Lipinski definition) is 4. The molecule has 0 saturated heterocycles. The number of ether oxygens (including phenoxy) is 2. The molecular weight excluding hydrogens is 346 g/mol. The van der Waals surface area contributed by atoms with Crippen LogP contribution in [0.2, 0.25) is 0 Å². The topological polar surface area (TPSA) is 38.8 Å². The highest BCUT2D eigenvalue weighted by Crippen LogP contribution is 2.33. The Morgan fingerprint density at radius 2 is 2.00 bits per heavy atom. The summed E-state index contributed by atoms with van der Waals surface area (Å²) in [4.78, 5) is 16.9. The van der Waals surface area contributed by atoms with Crippen LogP contribution in [0.5, 0.6) is 11.5 Å². The molecule has 0 spiro atoms. The second kappa shape index (κ2) is 8.12. The third kappa shape index (κ3) is 4.04. The molecule has 1 aromatic heterocycles. The number of carbonyl (C=O) groups is 1. The summed E-state index contributed by atoms with van der Waals surface area (Å²) >= 11 is 1.68. The molecule has 5 heteroatoms. The van der Waals surface area contributed by atoms with Crippen molar-refractivity contribution in [3.8, 4) is 11.5 Å². The Morgan fingerprint density at radius 3 is 2.73 bits per heavy atom. The number of nitrogens with zero attached hydrogens (tertiary/aromatic N) is 1. The first kappa shape index (κ1) is 18.8. The Balaban J connectivity index is 1.63. The van der Waals surface area contributed by atoms with Crippen molar-refractivity contribution in [3.63, 3.8) is 0 Å². The van der Waals surface area contributed by atoms with Crippen LogP contribution in [0.4, 0.5) is 0 Å². The van der Waals surface area contributed by atoms with E-state index in [-0.39, 0.29) is 5.91 Å². The second-order valence-corrected chi connectivity index (χ2v) is 8.21. The quantitative estimate of drug-likeness (QED) is 0.761. The van der Waals surface area contributed by atoms with Crippen molar-refractivity contribution in [1.29, 1.82) is 0 Å². The molecule has 3 rings (SSSR count). The van der Waals surface area contributed by atoms with Gasteiger partial charge in [-0.15, -0.1) is 11.3 Å². The van der Waals surface area contributed by atoms with Gasteiger partial charge in [0.15, 0.2) is 11.5 Å². The first-order valence-corrected chi connectivity index (χ1v) is 9.91. The molecule has 0 N–H and O–H groups in total. The average Bonchev–Trinajstić information content (AvgIpc) is 3.08. The molecule has 26 heavy (non-hydrogen) atoms. The molecule has 0 radical (unpaired) electrons. The number of likely N-dealkylation sites (N-methyl/N-ethyl adjacent to an activating group) is 1. The minimum Gasteiger partial charge on any atom is -0.493 e. The Labute approximate surface area is 159 Å². The Morgan fingerprint density at radius 1 is 1.23 bits per heavy atom. The molecule has 0 bridgehead atoms. The van der Waals surface area contributed by atoms with Gasteiger partial charge in [0.25, 0.3) is 5.91 Å². The summed E-state index contributed by atoms with van der Waals surface area (Å²) in [5, 5.41) is 0. The highest BCUT2D eigenvalue weighted by Gasteiger charge is 2.22. The number of amides is 1. The summed E-state index contributed by atoms with van der Waals surface area (Å²) in [5.41, 5.74) is 2.51. The summed E-state index contributed by atoms with van der Waals surface area (Å²) < 4.78 is 10.6. The van der Waals surface area contributed by atoms with Gasteiger partial charge in [-0.05, 0) is 60.9 Å². The summed E-state index contributed by atoms with van der Waals surface area (Å²) in [5.74, 6) is 2.29. The van der Waals surface area contributed by atoms with Crippen LogP contribution in [-0.2, 0) is 19.3 Å². The van der Waals surface area contributed by atoms with Gasteiger partial charge in [-0.1, -0.05) is 13.0 Å². The zero-order valence-electron chi connectivity index (χ0n) is 16.0. The van der Waals surface area contributed by atoms with E-state index in [0.717, 1.165) is 47.1 Å². The van der Waals surface area contributed by atoms with E-state index in [4.69, 9.17) is 9.47 Å². The van der Waals surface area contributed by atoms with Gasteiger partial charge < -0.3 is 14.4 Å². The molecule has 1 atom stereocenters. The van der Waals surface area contributed by atoms with Gasteiger partial charge in [0.1, 0.15) is 0 Å². The van der Waals surface area contributed by atoms with Gasteiger partial charge >= 0.3 is 0 Å². The highest BCUT2D eigenvalue weighted by atomic mass is 32.1. The average molecular weight is 374 g/mol.